The molecule has 5 heteroatoms. The summed E-state index contributed by atoms with van der Waals surface area (Å²) in [6, 6.07) is 0. The average Bonchev–Trinajstić information content (AvgIpc) is 2.50. The first-order chi connectivity index (χ1) is 11.0. The lowest BCUT2D eigenvalue weighted by Crippen LogP contribution is -2.22. The van der Waals surface area contributed by atoms with Crippen molar-refractivity contribution in [1.29, 1.82) is 0 Å². The number of alkyl halides is 2. The Labute approximate surface area is 151 Å². The Morgan fingerprint density at radius 1 is 0.870 bits per heavy atom. The van der Waals surface area contributed by atoms with Crippen LogP contribution in [0.5, 0.6) is 0 Å². The van der Waals surface area contributed by atoms with Gasteiger partial charge < -0.3 is 10.2 Å². The smallest absolute Gasteiger partial charge is 0.303 e. The zero-order chi connectivity index (χ0) is 17.5. The third kappa shape index (κ3) is 15.3. The summed E-state index contributed by atoms with van der Waals surface area (Å²) < 4.78 is 0. The van der Waals surface area contributed by atoms with Gasteiger partial charge in [-0.3, -0.25) is 4.79 Å². The summed E-state index contributed by atoms with van der Waals surface area (Å²) in [4.78, 5) is 10.4. The number of halogens is 2. The van der Waals surface area contributed by atoms with Crippen LogP contribution in [0.2, 0.25) is 0 Å². The maximum Gasteiger partial charge on any atom is 0.303 e. The van der Waals surface area contributed by atoms with Gasteiger partial charge in [0.15, 0.2) is 0 Å². The van der Waals surface area contributed by atoms with E-state index in [2.05, 4.69) is 6.92 Å². The van der Waals surface area contributed by atoms with Crippen LogP contribution in [0.15, 0.2) is 0 Å². The molecule has 138 valence electrons. The van der Waals surface area contributed by atoms with Gasteiger partial charge in [-0.25, -0.2) is 0 Å². The molecule has 0 aromatic rings. The van der Waals surface area contributed by atoms with Crippen LogP contribution < -0.4 is 0 Å². The quantitative estimate of drug-likeness (QED) is 0.269. The number of hydrogen-bond acceptors (Lipinski definition) is 2. The fourth-order valence-electron chi connectivity index (χ4n) is 2.66. The summed E-state index contributed by atoms with van der Waals surface area (Å²) in [6.07, 6.45) is 11.7. The van der Waals surface area contributed by atoms with Gasteiger partial charge in [-0.2, -0.15) is 0 Å². The molecule has 0 unspecified atom stereocenters. The van der Waals surface area contributed by atoms with E-state index in [1.165, 1.54) is 19.3 Å². The van der Waals surface area contributed by atoms with Crippen molar-refractivity contribution in [2.24, 2.45) is 0 Å². The second kappa shape index (κ2) is 15.5. The molecule has 23 heavy (non-hydrogen) atoms. The van der Waals surface area contributed by atoms with Crippen molar-refractivity contribution in [2.45, 2.75) is 107 Å². The Kier molecular flexibility index (Phi) is 15.5. The Balaban J connectivity index is 3.57. The molecule has 0 aliphatic heterocycles. The van der Waals surface area contributed by atoms with Crippen molar-refractivity contribution in [3.63, 3.8) is 0 Å². The number of rotatable bonds is 16. The van der Waals surface area contributed by atoms with E-state index in [1.807, 2.05) is 0 Å². The van der Waals surface area contributed by atoms with E-state index in [-0.39, 0.29) is 23.3 Å². The van der Waals surface area contributed by atoms with Gasteiger partial charge in [0.25, 0.3) is 0 Å². The summed E-state index contributed by atoms with van der Waals surface area (Å²) >= 11 is 12.6. The van der Waals surface area contributed by atoms with E-state index in [0.717, 1.165) is 51.4 Å². The first-order valence-electron chi connectivity index (χ1n) is 9.15. The molecule has 0 aromatic carbocycles. The predicted molar refractivity (Wildman–Crippen MR) is 98.6 cm³/mol. The molecule has 0 amide bonds. The van der Waals surface area contributed by atoms with Crippen LogP contribution in [0.4, 0.5) is 0 Å². The number of hydrogen-bond donors (Lipinski definition) is 2. The summed E-state index contributed by atoms with van der Waals surface area (Å²) in [5.74, 6) is -0.718. The zero-order valence-corrected chi connectivity index (χ0v) is 16.0. The molecule has 0 aliphatic rings. The second-order valence-electron chi connectivity index (χ2n) is 6.47. The van der Waals surface area contributed by atoms with Crippen molar-refractivity contribution >= 4 is 29.2 Å². The average molecular weight is 369 g/mol. The van der Waals surface area contributed by atoms with E-state index in [4.69, 9.17) is 28.3 Å². The highest BCUT2D eigenvalue weighted by Gasteiger charge is 2.19. The molecule has 0 bridgehead atoms. The number of aliphatic carboxylic acids is 1. The molecule has 0 saturated heterocycles. The number of carboxylic acids is 1. The maximum atomic E-state index is 10.4. The Bertz CT molecular complexity index is 287. The molecular weight excluding hydrogens is 335 g/mol. The van der Waals surface area contributed by atoms with Crippen LogP contribution in [0.3, 0.4) is 0 Å². The fourth-order valence-corrected chi connectivity index (χ4v) is 3.25. The minimum atomic E-state index is -0.718. The highest BCUT2D eigenvalue weighted by Crippen LogP contribution is 2.23. The van der Waals surface area contributed by atoms with Gasteiger partial charge in [-0.1, -0.05) is 58.3 Å². The standard InChI is InChI=1S/C18H34Cl2O3/c1-2-3-4-8-11-15(21)14-17(20)16(19)12-9-6-5-7-10-13-18(22)23/h15-17,21H,2-14H2,1H3,(H,22,23)/t15-,16-,17+/m0/s1. The Hall–Kier alpha value is 0.01000. The highest BCUT2D eigenvalue weighted by molar-refractivity contribution is 6.30. The molecule has 0 aliphatic carbocycles. The monoisotopic (exact) mass is 368 g/mol. The fraction of sp³-hybridized carbons (Fsp3) is 0.944. The van der Waals surface area contributed by atoms with Gasteiger partial charge in [0, 0.05) is 6.42 Å². The van der Waals surface area contributed by atoms with Crippen molar-refractivity contribution in [3.8, 4) is 0 Å². The number of carbonyl (C=O) groups is 1. The third-order valence-corrected chi connectivity index (χ3v) is 5.28. The van der Waals surface area contributed by atoms with Crippen LogP contribution in [-0.2, 0) is 4.79 Å². The lowest BCUT2D eigenvalue weighted by Gasteiger charge is -2.19. The zero-order valence-electron chi connectivity index (χ0n) is 14.5. The van der Waals surface area contributed by atoms with E-state index in [1.54, 1.807) is 0 Å². The summed E-state index contributed by atoms with van der Waals surface area (Å²) in [5.41, 5.74) is 0. The van der Waals surface area contributed by atoms with E-state index < -0.39 is 5.97 Å². The summed E-state index contributed by atoms with van der Waals surface area (Å²) in [5, 5.41) is 18.3. The minimum Gasteiger partial charge on any atom is -0.481 e. The number of aliphatic hydroxyl groups is 1. The van der Waals surface area contributed by atoms with Crippen molar-refractivity contribution < 1.29 is 15.0 Å². The van der Waals surface area contributed by atoms with Crippen LogP contribution in [0.25, 0.3) is 0 Å². The van der Waals surface area contributed by atoms with Crippen molar-refractivity contribution in [1.82, 2.24) is 0 Å². The van der Waals surface area contributed by atoms with E-state index in [0.29, 0.717) is 6.42 Å². The first-order valence-corrected chi connectivity index (χ1v) is 10.0. The van der Waals surface area contributed by atoms with Gasteiger partial charge in [0.05, 0.1) is 16.9 Å². The first kappa shape index (κ1) is 23.0. The van der Waals surface area contributed by atoms with Crippen molar-refractivity contribution in [3.05, 3.63) is 0 Å². The second-order valence-corrected chi connectivity index (χ2v) is 7.59. The van der Waals surface area contributed by atoms with Crippen LogP contribution in [0, 0.1) is 0 Å². The van der Waals surface area contributed by atoms with Gasteiger partial charge in [-0.05, 0) is 25.7 Å². The van der Waals surface area contributed by atoms with Crippen LogP contribution in [-0.4, -0.2) is 33.0 Å². The third-order valence-electron chi connectivity index (χ3n) is 4.15. The van der Waals surface area contributed by atoms with Crippen molar-refractivity contribution in [2.75, 3.05) is 0 Å². The molecule has 3 nitrogen and oxygen atoms in total. The SMILES string of the molecule is CCCCCC[C@H](O)C[C@@H](Cl)[C@@H](Cl)CCCCCCCC(=O)O. The van der Waals surface area contributed by atoms with Gasteiger partial charge >= 0.3 is 5.97 Å². The topological polar surface area (TPSA) is 57.5 Å². The molecule has 0 heterocycles. The predicted octanol–water partition coefficient (Wildman–Crippen LogP) is 5.74. The van der Waals surface area contributed by atoms with Crippen LogP contribution in [0.1, 0.15) is 90.4 Å². The normalized spacial score (nSPS) is 15.3. The molecule has 0 fully saturated rings. The van der Waals surface area contributed by atoms with E-state index >= 15 is 0 Å². The van der Waals surface area contributed by atoms with Gasteiger partial charge in [0.1, 0.15) is 0 Å². The Morgan fingerprint density at radius 2 is 1.43 bits per heavy atom. The highest BCUT2D eigenvalue weighted by atomic mass is 35.5. The largest absolute Gasteiger partial charge is 0.481 e. The number of aliphatic hydroxyl groups excluding tert-OH is 1. The molecule has 0 spiro atoms. The summed E-state index contributed by atoms with van der Waals surface area (Å²) in [7, 11) is 0. The molecule has 0 saturated carbocycles. The molecule has 3 atom stereocenters. The summed E-state index contributed by atoms with van der Waals surface area (Å²) in [6.45, 7) is 2.18. The number of carboxylic acid groups (broad SMARTS) is 1. The van der Waals surface area contributed by atoms with Gasteiger partial charge in [-0.15, -0.1) is 23.2 Å². The molecule has 0 rings (SSSR count). The maximum absolute atomic E-state index is 10.4. The molecule has 0 radical (unpaired) electrons. The van der Waals surface area contributed by atoms with E-state index in [9.17, 15) is 9.90 Å². The molecule has 2 N–H and O–H groups in total. The molecule has 0 aromatic heterocycles. The lowest BCUT2D eigenvalue weighted by atomic mass is 10.0. The minimum absolute atomic E-state index is 0.0963. The molecular formula is C18H34Cl2O3. The van der Waals surface area contributed by atoms with Crippen LogP contribution >= 0.6 is 23.2 Å². The Morgan fingerprint density at radius 3 is 2.09 bits per heavy atom. The van der Waals surface area contributed by atoms with Gasteiger partial charge in [0.2, 0.25) is 0 Å². The lowest BCUT2D eigenvalue weighted by molar-refractivity contribution is -0.137. The number of unbranched alkanes of at least 4 members (excludes halogenated alkanes) is 7.